The van der Waals surface area contributed by atoms with E-state index in [2.05, 4.69) is 4.98 Å². The molecule has 3 rings (SSSR count). The van der Waals surface area contributed by atoms with Crippen LogP contribution in [0.5, 0.6) is 11.5 Å². The number of aromatic nitrogens is 2. The lowest BCUT2D eigenvalue weighted by molar-refractivity contribution is 0.0743. The molecule has 1 aromatic heterocycles. The average molecular weight is 457 g/mol. The quantitative estimate of drug-likeness (QED) is 0.185. The van der Waals surface area contributed by atoms with Gasteiger partial charge in [0.1, 0.15) is 0 Å². The molecule has 0 aliphatic carbocycles. The van der Waals surface area contributed by atoms with Gasteiger partial charge < -0.3 is 14.2 Å². The molecule has 7 nitrogen and oxygen atoms in total. The van der Waals surface area contributed by atoms with Crippen LogP contribution in [-0.4, -0.2) is 48.0 Å². The number of rotatable bonds is 11. The van der Waals surface area contributed by atoms with Crippen LogP contribution < -0.4 is 15.0 Å². The van der Waals surface area contributed by atoms with Crippen LogP contribution in [0.15, 0.2) is 52.4 Å². The van der Waals surface area contributed by atoms with Gasteiger partial charge in [-0.25, -0.2) is 4.98 Å². The van der Waals surface area contributed by atoms with E-state index < -0.39 is 0 Å². The van der Waals surface area contributed by atoms with Crippen molar-refractivity contribution in [2.75, 3.05) is 26.6 Å². The van der Waals surface area contributed by atoms with Gasteiger partial charge >= 0.3 is 0 Å². The Balaban J connectivity index is 1.83. The van der Waals surface area contributed by atoms with Crippen LogP contribution in [0.25, 0.3) is 10.9 Å². The van der Waals surface area contributed by atoms with E-state index in [9.17, 15) is 9.59 Å². The van der Waals surface area contributed by atoms with Crippen LogP contribution in [0.4, 0.5) is 0 Å². The number of thioether (sulfide) groups is 1. The van der Waals surface area contributed by atoms with Crippen molar-refractivity contribution in [3.8, 4) is 11.5 Å². The summed E-state index contributed by atoms with van der Waals surface area (Å²) in [5.74, 6) is 1.11. The van der Waals surface area contributed by atoms with Crippen LogP contribution >= 0.6 is 11.8 Å². The van der Waals surface area contributed by atoms with E-state index in [0.717, 1.165) is 0 Å². The van der Waals surface area contributed by atoms with Crippen molar-refractivity contribution >= 4 is 28.4 Å². The minimum Gasteiger partial charge on any atom is -0.493 e. The molecule has 0 N–H and O–H groups in total. The summed E-state index contributed by atoms with van der Waals surface area (Å²) in [7, 11) is 3.08. The highest BCUT2D eigenvalue weighted by atomic mass is 32.2. The van der Waals surface area contributed by atoms with Gasteiger partial charge in [0.15, 0.2) is 22.4 Å². The first-order chi connectivity index (χ1) is 15.4. The molecule has 0 spiro atoms. The molecule has 0 bridgehead atoms. The third kappa shape index (κ3) is 5.69. The summed E-state index contributed by atoms with van der Waals surface area (Å²) < 4.78 is 17.8. The van der Waals surface area contributed by atoms with Crippen LogP contribution in [-0.2, 0) is 11.3 Å². The molecule has 1 heterocycles. The zero-order chi connectivity index (χ0) is 23.1. The molecular weight excluding hydrogens is 428 g/mol. The third-order valence-electron chi connectivity index (χ3n) is 4.84. The number of carbonyl (C=O) groups is 1. The smallest absolute Gasteiger partial charge is 0.262 e. The number of Topliss-reactive ketones (excluding diaryl/α,β-unsaturated/α-hetero) is 1. The Morgan fingerprint density at radius 2 is 1.84 bits per heavy atom. The van der Waals surface area contributed by atoms with Crippen LogP contribution in [0.3, 0.4) is 0 Å². The van der Waals surface area contributed by atoms with E-state index in [1.807, 2.05) is 32.0 Å². The molecule has 0 saturated heterocycles. The zero-order valence-corrected chi connectivity index (χ0v) is 19.6. The number of para-hydroxylation sites is 1. The zero-order valence-electron chi connectivity index (χ0n) is 18.8. The topological polar surface area (TPSA) is 79.7 Å². The predicted molar refractivity (Wildman–Crippen MR) is 126 cm³/mol. The van der Waals surface area contributed by atoms with E-state index in [1.54, 1.807) is 35.9 Å². The maximum Gasteiger partial charge on any atom is 0.262 e. The van der Waals surface area contributed by atoms with Gasteiger partial charge in [-0.2, -0.15) is 0 Å². The second-order valence-electron chi connectivity index (χ2n) is 7.42. The van der Waals surface area contributed by atoms with Gasteiger partial charge in [-0.3, -0.25) is 14.2 Å². The van der Waals surface area contributed by atoms with Crippen molar-refractivity contribution in [1.82, 2.24) is 9.55 Å². The SMILES string of the molecule is COc1ccc(C(=O)CSc2nc3ccccc3c(=O)n2CCCOC(C)C)cc1OC. The van der Waals surface area contributed by atoms with Crippen molar-refractivity contribution < 1.29 is 19.0 Å². The second-order valence-corrected chi connectivity index (χ2v) is 8.37. The standard InChI is InChI=1S/C24H28N2O5S/c1-16(2)31-13-7-12-26-23(28)18-8-5-6-9-19(18)25-24(26)32-15-20(27)17-10-11-21(29-3)22(14-17)30-4/h5-6,8-11,14,16H,7,12-13,15H2,1-4H3. The second kappa shape index (κ2) is 11.2. The summed E-state index contributed by atoms with van der Waals surface area (Å²) in [4.78, 5) is 30.6. The summed E-state index contributed by atoms with van der Waals surface area (Å²) in [6.07, 6.45) is 0.810. The van der Waals surface area contributed by atoms with Crippen molar-refractivity contribution in [3.63, 3.8) is 0 Å². The fraction of sp³-hybridized carbons (Fsp3) is 0.375. The Kier molecular flexibility index (Phi) is 8.30. The van der Waals surface area contributed by atoms with E-state index >= 15 is 0 Å². The summed E-state index contributed by atoms with van der Waals surface area (Å²) in [6, 6.07) is 12.3. The minimum absolute atomic E-state index is 0.0898. The molecule has 3 aromatic rings. The van der Waals surface area contributed by atoms with Crippen LogP contribution in [0.2, 0.25) is 0 Å². The van der Waals surface area contributed by atoms with Crippen LogP contribution in [0.1, 0.15) is 30.6 Å². The normalized spacial score (nSPS) is 11.2. The first-order valence-electron chi connectivity index (χ1n) is 10.4. The highest BCUT2D eigenvalue weighted by Gasteiger charge is 2.15. The van der Waals surface area contributed by atoms with Crippen LogP contribution in [0, 0.1) is 0 Å². The molecule has 0 aliphatic heterocycles. The Morgan fingerprint density at radius 3 is 2.56 bits per heavy atom. The van der Waals surface area contributed by atoms with E-state index in [0.29, 0.717) is 52.7 Å². The lowest BCUT2D eigenvalue weighted by Crippen LogP contribution is -2.24. The fourth-order valence-corrected chi connectivity index (χ4v) is 4.14. The maximum absolute atomic E-state index is 13.1. The van der Waals surface area contributed by atoms with E-state index in [4.69, 9.17) is 14.2 Å². The van der Waals surface area contributed by atoms with Gasteiger partial charge in [-0.05, 0) is 50.6 Å². The third-order valence-corrected chi connectivity index (χ3v) is 5.82. The molecule has 0 unspecified atom stereocenters. The van der Waals surface area contributed by atoms with Gasteiger partial charge in [-0.15, -0.1) is 0 Å². The Morgan fingerprint density at radius 1 is 1.09 bits per heavy atom. The first kappa shape index (κ1) is 23.8. The Labute approximate surface area is 191 Å². The highest BCUT2D eigenvalue weighted by molar-refractivity contribution is 7.99. The maximum atomic E-state index is 13.1. The highest BCUT2D eigenvalue weighted by Crippen LogP contribution is 2.28. The number of carbonyl (C=O) groups excluding carboxylic acids is 1. The summed E-state index contributed by atoms with van der Waals surface area (Å²) in [5.41, 5.74) is 1.02. The fourth-order valence-electron chi connectivity index (χ4n) is 3.22. The number of nitrogens with zero attached hydrogens (tertiary/aromatic N) is 2. The average Bonchev–Trinajstić information content (AvgIpc) is 2.80. The van der Waals surface area contributed by atoms with E-state index in [-0.39, 0.29) is 23.2 Å². The molecule has 0 saturated carbocycles. The van der Waals surface area contributed by atoms with Gasteiger partial charge in [0.05, 0.1) is 37.0 Å². The molecule has 170 valence electrons. The Hall–Kier alpha value is -2.84. The monoisotopic (exact) mass is 456 g/mol. The molecule has 0 amide bonds. The number of hydrogen-bond donors (Lipinski definition) is 0. The van der Waals surface area contributed by atoms with Crippen molar-refractivity contribution in [2.45, 2.75) is 38.1 Å². The molecule has 2 aromatic carbocycles. The van der Waals surface area contributed by atoms with Gasteiger partial charge in [-0.1, -0.05) is 23.9 Å². The van der Waals surface area contributed by atoms with Crippen molar-refractivity contribution in [1.29, 1.82) is 0 Å². The number of ether oxygens (including phenoxy) is 3. The minimum atomic E-state index is -0.110. The molecular formula is C24H28N2O5S. The van der Waals surface area contributed by atoms with Gasteiger partial charge in [0, 0.05) is 18.7 Å². The van der Waals surface area contributed by atoms with Gasteiger partial charge in [0.2, 0.25) is 0 Å². The summed E-state index contributed by atoms with van der Waals surface area (Å²) in [6.45, 7) is 4.97. The molecule has 0 radical (unpaired) electrons. The Bertz CT molecular complexity index is 1140. The largest absolute Gasteiger partial charge is 0.493 e. The molecule has 0 aliphatic rings. The number of fused-ring (bicyclic) bond motifs is 1. The first-order valence-corrected chi connectivity index (χ1v) is 11.4. The van der Waals surface area contributed by atoms with Crippen molar-refractivity contribution in [3.05, 3.63) is 58.4 Å². The molecule has 0 fully saturated rings. The van der Waals surface area contributed by atoms with E-state index in [1.165, 1.54) is 18.9 Å². The number of benzene rings is 2. The lowest BCUT2D eigenvalue weighted by atomic mass is 10.1. The number of hydrogen-bond acceptors (Lipinski definition) is 7. The predicted octanol–water partition coefficient (Wildman–Crippen LogP) is 4.20. The number of methoxy groups -OCH3 is 2. The molecule has 0 atom stereocenters. The summed E-state index contributed by atoms with van der Waals surface area (Å²) in [5, 5.41) is 1.08. The summed E-state index contributed by atoms with van der Waals surface area (Å²) >= 11 is 1.26. The van der Waals surface area contributed by atoms with Gasteiger partial charge in [0.25, 0.3) is 5.56 Å². The number of ketones is 1. The van der Waals surface area contributed by atoms with Crippen molar-refractivity contribution in [2.24, 2.45) is 0 Å². The molecule has 32 heavy (non-hydrogen) atoms. The lowest BCUT2D eigenvalue weighted by Gasteiger charge is -2.14. The molecule has 8 heteroatoms.